The van der Waals surface area contributed by atoms with Gasteiger partial charge in [-0.05, 0) is 25.9 Å². The fourth-order valence-electron chi connectivity index (χ4n) is 2.33. The molecule has 0 amide bonds. The van der Waals surface area contributed by atoms with E-state index in [0.29, 0.717) is 11.9 Å². The Kier molecular flexibility index (Phi) is 3.73. The molecular formula is C11H17N3O3. The minimum atomic E-state index is -0.948. The van der Waals surface area contributed by atoms with Crippen molar-refractivity contribution in [2.45, 2.75) is 38.6 Å². The molecule has 0 saturated carbocycles. The molecule has 1 aliphatic rings. The number of likely N-dealkylation sites (N-methyl/N-ethyl adjacent to an activating group) is 1. The van der Waals surface area contributed by atoms with Gasteiger partial charge in [-0.3, -0.25) is 4.79 Å². The van der Waals surface area contributed by atoms with Crippen molar-refractivity contribution in [2.24, 2.45) is 0 Å². The van der Waals surface area contributed by atoms with E-state index in [1.54, 1.807) is 0 Å². The number of hydrogen-bond donors (Lipinski definition) is 1. The summed E-state index contributed by atoms with van der Waals surface area (Å²) in [6.07, 6.45) is 2.90. The van der Waals surface area contributed by atoms with Crippen LogP contribution in [0, 0.1) is 0 Å². The molecular weight excluding hydrogens is 222 g/mol. The summed E-state index contributed by atoms with van der Waals surface area (Å²) in [6, 6.07) is 0.468. The summed E-state index contributed by atoms with van der Waals surface area (Å²) in [5.74, 6) is -0.142. The molecule has 0 bridgehead atoms. The van der Waals surface area contributed by atoms with Gasteiger partial charge in [0.25, 0.3) is 0 Å². The Morgan fingerprint density at radius 1 is 1.65 bits per heavy atom. The average molecular weight is 239 g/mol. The van der Waals surface area contributed by atoms with Gasteiger partial charge in [0.05, 0.1) is 0 Å². The highest BCUT2D eigenvalue weighted by atomic mass is 16.5. The molecule has 2 rings (SSSR count). The topological polar surface area (TPSA) is 79.5 Å². The first-order valence-corrected chi connectivity index (χ1v) is 5.96. The standard InChI is InChI=1S/C11H17N3O3/c1-2-14-5-3-4-8(14)6-9-12-10(17-13-9)7-11(15)16/h8H,2-7H2,1H3,(H,15,16). The van der Waals surface area contributed by atoms with Crippen molar-refractivity contribution >= 4 is 5.97 Å². The Balaban J connectivity index is 1.94. The van der Waals surface area contributed by atoms with Gasteiger partial charge in [0, 0.05) is 12.5 Å². The van der Waals surface area contributed by atoms with Gasteiger partial charge in [-0.15, -0.1) is 0 Å². The Hall–Kier alpha value is -1.43. The maximum Gasteiger partial charge on any atom is 0.312 e. The van der Waals surface area contributed by atoms with Crippen LogP contribution >= 0.6 is 0 Å². The monoisotopic (exact) mass is 239 g/mol. The third-order valence-electron chi connectivity index (χ3n) is 3.14. The summed E-state index contributed by atoms with van der Waals surface area (Å²) in [7, 11) is 0. The quantitative estimate of drug-likeness (QED) is 0.815. The van der Waals surface area contributed by atoms with Gasteiger partial charge in [-0.1, -0.05) is 12.1 Å². The van der Waals surface area contributed by atoms with E-state index in [0.717, 1.165) is 25.9 Å². The molecule has 1 aromatic heterocycles. The van der Waals surface area contributed by atoms with Crippen LogP contribution in [0.3, 0.4) is 0 Å². The van der Waals surface area contributed by atoms with Gasteiger partial charge in [-0.25, -0.2) is 0 Å². The van der Waals surface area contributed by atoms with Crippen molar-refractivity contribution < 1.29 is 14.4 Å². The molecule has 6 heteroatoms. The van der Waals surface area contributed by atoms with E-state index < -0.39 is 5.97 Å². The minimum absolute atomic E-state index is 0.188. The van der Waals surface area contributed by atoms with E-state index in [-0.39, 0.29) is 12.3 Å². The Morgan fingerprint density at radius 3 is 3.18 bits per heavy atom. The second-order valence-electron chi connectivity index (χ2n) is 4.30. The van der Waals surface area contributed by atoms with E-state index in [1.165, 1.54) is 6.42 Å². The molecule has 1 unspecified atom stereocenters. The predicted molar refractivity (Wildman–Crippen MR) is 59.6 cm³/mol. The summed E-state index contributed by atoms with van der Waals surface area (Å²) < 4.78 is 4.89. The van der Waals surface area contributed by atoms with Crippen LogP contribution in [0.1, 0.15) is 31.5 Å². The van der Waals surface area contributed by atoms with E-state index >= 15 is 0 Å². The molecule has 17 heavy (non-hydrogen) atoms. The SMILES string of the molecule is CCN1CCCC1Cc1noc(CC(=O)O)n1. The molecule has 2 heterocycles. The number of hydrogen-bond acceptors (Lipinski definition) is 5. The highest BCUT2D eigenvalue weighted by Crippen LogP contribution is 2.19. The number of carboxylic acids is 1. The highest BCUT2D eigenvalue weighted by molar-refractivity contribution is 5.68. The van der Waals surface area contributed by atoms with Crippen LogP contribution in [0.15, 0.2) is 4.52 Å². The zero-order valence-corrected chi connectivity index (χ0v) is 9.93. The molecule has 1 atom stereocenters. The molecule has 0 aliphatic carbocycles. The minimum Gasteiger partial charge on any atom is -0.481 e. The van der Waals surface area contributed by atoms with Gasteiger partial charge < -0.3 is 14.5 Å². The molecule has 1 aromatic rings. The van der Waals surface area contributed by atoms with Gasteiger partial charge in [0.2, 0.25) is 5.89 Å². The summed E-state index contributed by atoms with van der Waals surface area (Å²) in [5, 5.41) is 12.4. The van der Waals surface area contributed by atoms with Gasteiger partial charge in [0.1, 0.15) is 6.42 Å². The largest absolute Gasteiger partial charge is 0.481 e. The third-order valence-corrected chi connectivity index (χ3v) is 3.14. The number of carboxylic acid groups (broad SMARTS) is 1. The lowest BCUT2D eigenvalue weighted by Gasteiger charge is -2.20. The first-order valence-electron chi connectivity index (χ1n) is 5.96. The van der Waals surface area contributed by atoms with Gasteiger partial charge >= 0.3 is 5.97 Å². The Morgan fingerprint density at radius 2 is 2.47 bits per heavy atom. The lowest BCUT2D eigenvalue weighted by molar-refractivity contribution is -0.136. The average Bonchev–Trinajstić information content (AvgIpc) is 2.87. The van der Waals surface area contributed by atoms with Crippen molar-refractivity contribution in [1.29, 1.82) is 0 Å². The van der Waals surface area contributed by atoms with Crippen LogP contribution in [-0.4, -0.2) is 45.2 Å². The lowest BCUT2D eigenvalue weighted by Crippen LogP contribution is -2.31. The van der Waals surface area contributed by atoms with Crippen LogP contribution in [0.2, 0.25) is 0 Å². The summed E-state index contributed by atoms with van der Waals surface area (Å²) >= 11 is 0. The smallest absolute Gasteiger partial charge is 0.312 e. The van der Waals surface area contributed by atoms with E-state index in [9.17, 15) is 4.79 Å². The number of likely N-dealkylation sites (tertiary alicyclic amines) is 1. The molecule has 94 valence electrons. The van der Waals surface area contributed by atoms with Crippen molar-refractivity contribution in [3.63, 3.8) is 0 Å². The van der Waals surface area contributed by atoms with E-state index in [1.807, 2.05) is 0 Å². The van der Waals surface area contributed by atoms with Crippen LogP contribution in [0.5, 0.6) is 0 Å². The molecule has 6 nitrogen and oxygen atoms in total. The van der Waals surface area contributed by atoms with Crippen molar-refractivity contribution in [3.05, 3.63) is 11.7 Å². The normalized spacial score (nSPS) is 20.9. The fourth-order valence-corrected chi connectivity index (χ4v) is 2.33. The second-order valence-corrected chi connectivity index (χ2v) is 4.30. The van der Waals surface area contributed by atoms with E-state index in [4.69, 9.17) is 9.63 Å². The molecule has 1 saturated heterocycles. The zero-order valence-electron chi connectivity index (χ0n) is 9.93. The third kappa shape index (κ3) is 3.03. The molecule has 1 fully saturated rings. The molecule has 0 spiro atoms. The predicted octanol–water partition coefficient (Wildman–Crippen LogP) is 0.724. The first kappa shape index (κ1) is 12.0. The van der Waals surface area contributed by atoms with Gasteiger partial charge in [-0.2, -0.15) is 4.98 Å². The Bertz CT molecular complexity index is 391. The second kappa shape index (κ2) is 5.27. The maximum absolute atomic E-state index is 10.5. The summed E-state index contributed by atoms with van der Waals surface area (Å²) in [4.78, 5) is 17.0. The van der Waals surface area contributed by atoms with Crippen molar-refractivity contribution in [3.8, 4) is 0 Å². The van der Waals surface area contributed by atoms with Crippen LogP contribution in [-0.2, 0) is 17.6 Å². The number of aromatic nitrogens is 2. The van der Waals surface area contributed by atoms with Crippen LogP contribution < -0.4 is 0 Å². The molecule has 0 radical (unpaired) electrons. The molecule has 0 aromatic carbocycles. The number of aliphatic carboxylic acids is 1. The van der Waals surface area contributed by atoms with Crippen molar-refractivity contribution in [1.82, 2.24) is 15.0 Å². The highest BCUT2D eigenvalue weighted by Gasteiger charge is 2.25. The lowest BCUT2D eigenvalue weighted by atomic mass is 10.1. The van der Waals surface area contributed by atoms with Crippen LogP contribution in [0.4, 0.5) is 0 Å². The summed E-state index contributed by atoms with van der Waals surface area (Å²) in [5.41, 5.74) is 0. The number of nitrogens with zero attached hydrogens (tertiary/aromatic N) is 3. The molecule has 1 aliphatic heterocycles. The summed E-state index contributed by atoms with van der Waals surface area (Å²) in [6.45, 7) is 4.30. The Labute approximate surface area is 99.6 Å². The van der Waals surface area contributed by atoms with E-state index in [2.05, 4.69) is 22.0 Å². The zero-order chi connectivity index (χ0) is 12.3. The number of carbonyl (C=O) groups is 1. The fraction of sp³-hybridized carbons (Fsp3) is 0.727. The van der Waals surface area contributed by atoms with Crippen molar-refractivity contribution in [2.75, 3.05) is 13.1 Å². The van der Waals surface area contributed by atoms with Crippen LogP contribution in [0.25, 0.3) is 0 Å². The maximum atomic E-state index is 10.5. The molecule has 1 N–H and O–H groups in total. The number of rotatable bonds is 5. The van der Waals surface area contributed by atoms with Gasteiger partial charge in [0.15, 0.2) is 5.82 Å². The first-order chi connectivity index (χ1) is 8.19.